The van der Waals surface area contributed by atoms with E-state index in [1.165, 1.54) is 38.9 Å². The molecule has 0 aliphatic carbocycles. The van der Waals surface area contributed by atoms with E-state index < -0.39 is 5.97 Å². The van der Waals surface area contributed by atoms with Crippen molar-refractivity contribution < 1.29 is 23.9 Å². The van der Waals surface area contributed by atoms with Gasteiger partial charge in [-0.25, -0.2) is 9.59 Å². The van der Waals surface area contributed by atoms with Crippen LogP contribution in [0.1, 0.15) is 31.1 Å². The van der Waals surface area contributed by atoms with Gasteiger partial charge in [0.25, 0.3) is 0 Å². The average molecular weight is 381 g/mol. The monoisotopic (exact) mass is 380 g/mol. The molecule has 0 fully saturated rings. The fraction of sp³-hybridized carbons (Fsp3) is 0.133. The van der Waals surface area contributed by atoms with E-state index in [4.69, 9.17) is 0 Å². The number of aromatic nitrogens is 2. The van der Waals surface area contributed by atoms with Crippen LogP contribution in [0.15, 0.2) is 41.4 Å². The summed E-state index contributed by atoms with van der Waals surface area (Å²) in [7, 11) is 2.61. The first kappa shape index (κ1) is 18.4. The molecule has 0 radical (unpaired) electrons. The standard InChI is InChI=1S/C8H7NO3.C7H6BrNO2/c1-12-8(11)7-2-6(5-10)3-9-4-7;1-11-7(10)5-2-6(8)4-9-3-5/h2-5H,1H3;2-4H,1H3. The van der Waals surface area contributed by atoms with Crippen LogP contribution in [-0.4, -0.2) is 42.4 Å². The molecule has 0 amide bonds. The minimum atomic E-state index is -0.494. The highest BCUT2D eigenvalue weighted by molar-refractivity contribution is 9.10. The molecule has 0 aliphatic rings. The lowest BCUT2D eigenvalue weighted by Gasteiger charge is -1.97. The van der Waals surface area contributed by atoms with Crippen LogP contribution in [0.5, 0.6) is 0 Å². The molecule has 0 unspecified atom stereocenters. The van der Waals surface area contributed by atoms with Crippen LogP contribution in [0.25, 0.3) is 0 Å². The number of ether oxygens (including phenoxy) is 2. The number of esters is 2. The molecule has 0 atom stereocenters. The molecule has 2 aromatic rings. The van der Waals surface area contributed by atoms with E-state index in [0.717, 1.165) is 4.47 Å². The molecule has 0 aliphatic heterocycles. The summed E-state index contributed by atoms with van der Waals surface area (Å²) in [5.41, 5.74) is 1.09. The number of nitrogens with zero attached hydrogens (tertiary/aromatic N) is 2. The smallest absolute Gasteiger partial charge is 0.339 e. The number of rotatable bonds is 3. The Bertz CT molecular complexity index is 706. The SMILES string of the molecule is COC(=O)c1cncc(Br)c1.COC(=O)c1cncc(C=O)c1. The maximum absolute atomic E-state index is 10.9. The van der Waals surface area contributed by atoms with Gasteiger partial charge in [-0.3, -0.25) is 14.8 Å². The predicted molar refractivity (Wildman–Crippen MR) is 84.2 cm³/mol. The highest BCUT2D eigenvalue weighted by Gasteiger charge is 2.05. The minimum absolute atomic E-state index is 0.280. The summed E-state index contributed by atoms with van der Waals surface area (Å²) in [5, 5.41) is 0. The van der Waals surface area contributed by atoms with Crippen molar-refractivity contribution in [3.05, 3.63) is 58.1 Å². The van der Waals surface area contributed by atoms with Gasteiger partial charge in [-0.1, -0.05) is 0 Å². The lowest BCUT2D eigenvalue weighted by molar-refractivity contribution is 0.0591. The Balaban J connectivity index is 0.000000231. The molecule has 0 saturated heterocycles. The van der Waals surface area contributed by atoms with Crippen LogP contribution in [0.3, 0.4) is 0 Å². The van der Waals surface area contributed by atoms with Gasteiger partial charge in [0, 0.05) is 34.8 Å². The fourth-order valence-electron chi connectivity index (χ4n) is 1.39. The lowest BCUT2D eigenvalue weighted by atomic mass is 10.2. The third-order valence-electron chi connectivity index (χ3n) is 2.44. The van der Waals surface area contributed by atoms with Gasteiger partial charge in [-0.05, 0) is 28.1 Å². The first-order chi connectivity index (χ1) is 11.0. The van der Waals surface area contributed by atoms with Crippen molar-refractivity contribution in [3.8, 4) is 0 Å². The van der Waals surface area contributed by atoms with Crippen molar-refractivity contribution in [1.82, 2.24) is 9.97 Å². The zero-order valence-corrected chi connectivity index (χ0v) is 13.9. The van der Waals surface area contributed by atoms with Crippen molar-refractivity contribution in [2.75, 3.05) is 14.2 Å². The number of pyridine rings is 2. The molecule has 0 aromatic carbocycles. The van der Waals surface area contributed by atoms with Gasteiger partial charge >= 0.3 is 11.9 Å². The molecular formula is C15H13BrN2O5. The Morgan fingerprint density at radius 2 is 1.48 bits per heavy atom. The van der Waals surface area contributed by atoms with Crippen molar-refractivity contribution in [3.63, 3.8) is 0 Å². The zero-order valence-electron chi connectivity index (χ0n) is 12.4. The Kier molecular flexibility index (Phi) is 7.55. The third-order valence-corrected chi connectivity index (χ3v) is 2.88. The molecule has 23 heavy (non-hydrogen) atoms. The van der Waals surface area contributed by atoms with Crippen LogP contribution in [0.2, 0.25) is 0 Å². The average Bonchev–Trinajstić information content (AvgIpc) is 2.60. The van der Waals surface area contributed by atoms with E-state index in [1.54, 1.807) is 12.3 Å². The molecule has 2 heterocycles. The van der Waals surface area contributed by atoms with Crippen molar-refractivity contribution >= 4 is 34.2 Å². The number of hydrogen-bond donors (Lipinski definition) is 0. The summed E-state index contributed by atoms with van der Waals surface area (Å²) >= 11 is 3.19. The molecule has 8 heteroatoms. The van der Waals surface area contributed by atoms with Crippen molar-refractivity contribution in [2.24, 2.45) is 0 Å². The van der Waals surface area contributed by atoms with Gasteiger partial charge in [0.2, 0.25) is 0 Å². The van der Waals surface area contributed by atoms with Crippen LogP contribution < -0.4 is 0 Å². The number of hydrogen-bond acceptors (Lipinski definition) is 7. The Morgan fingerprint density at radius 3 is 1.96 bits per heavy atom. The molecule has 0 N–H and O–H groups in total. The Morgan fingerprint density at radius 1 is 0.957 bits per heavy atom. The number of aldehydes is 1. The Hall–Kier alpha value is -2.61. The molecular weight excluding hydrogens is 368 g/mol. The molecule has 7 nitrogen and oxygen atoms in total. The van der Waals surface area contributed by atoms with Crippen LogP contribution in [-0.2, 0) is 9.47 Å². The summed E-state index contributed by atoms with van der Waals surface area (Å²) in [6.45, 7) is 0. The first-order valence-corrected chi connectivity index (χ1v) is 6.98. The summed E-state index contributed by atoms with van der Waals surface area (Å²) in [4.78, 5) is 39.6. The van der Waals surface area contributed by atoms with E-state index in [9.17, 15) is 14.4 Å². The number of halogens is 1. The third kappa shape index (κ3) is 5.95. The van der Waals surface area contributed by atoms with E-state index in [1.807, 2.05) is 0 Å². The largest absolute Gasteiger partial charge is 0.465 e. The quantitative estimate of drug-likeness (QED) is 0.595. The second kappa shape index (κ2) is 9.42. The summed E-state index contributed by atoms with van der Waals surface area (Å²) < 4.78 is 9.70. The van der Waals surface area contributed by atoms with Gasteiger partial charge in [0.15, 0.2) is 6.29 Å². The Labute approximate surface area is 140 Å². The summed E-state index contributed by atoms with van der Waals surface area (Å²) in [6.07, 6.45) is 6.40. The van der Waals surface area contributed by atoms with Gasteiger partial charge in [-0.15, -0.1) is 0 Å². The fourth-order valence-corrected chi connectivity index (χ4v) is 1.76. The van der Waals surface area contributed by atoms with E-state index in [0.29, 0.717) is 17.4 Å². The minimum Gasteiger partial charge on any atom is -0.465 e. The molecule has 120 valence electrons. The maximum atomic E-state index is 10.9. The molecule has 0 bridgehead atoms. The maximum Gasteiger partial charge on any atom is 0.339 e. The van der Waals surface area contributed by atoms with Crippen molar-refractivity contribution in [2.45, 2.75) is 0 Å². The summed E-state index contributed by atoms with van der Waals surface area (Å²) in [5.74, 6) is -0.870. The highest BCUT2D eigenvalue weighted by Crippen LogP contribution is 2.09. The number of carbonyl (C=O) groups is 3. The van der Waals surface area contributed by atoms with Gasteiger partial charge in [-0.2, -0.15) is 0 Å². The van der Waals surface area contributed by atoms with Gasteiger partial charge < -0.3 is 9.47 Å². The molecule has 0 spiro atoms. The molecule has 2 aromatic heterocycles. The normalized spacial score (nSPS) is 9.17. The molecule has 2 rings (SSSR count). The summed E-state index contributed by atoms with van der Waals surface area (Å²) in [6, 6.07) is 3.07. The van der Waals surface area contributed by atoms with Crippen LogP contribution in [0, 0.1) is 0 Å². The number of carbonyl (C=O) groups excluding carboxylic acids is 3. The topological polar surface area (TPSA) is 95.5 Å². The predicted octanol–water partition coefficient (Wildman–Crippen LogP) is 2.31. The van der Waals surface area contributed by atoms with E-state index in [2.05, 4.69) is 35.4 Å². The lowest BCUT2D eigenvalue weighted by Crippen LogP contribution is -2.02. The highest BCUT2D eigenvalue weighted by atomic mass is 79.9. The van der Waals surface area contributed by atoms with Gasteiger partial charge in [0.05, 0.1) is 25.3 Å². The second-order valence-electron chi connectivity index (χ2n) is 4.00. The zero-order chi connectivity index (χ0) is 17.2. The van der Waals surface area contributed by atoms with E-state index in [-0.39, 0.29) is 11.5 Å². The first-order valence-electron chi connectivity index (χ1n) is 6.19. The van der Waals surface area contributed by atoms with Crippen LogP contribution >= 0.6 is 15.9 Å². The van der Waals surface area contributed by atoms with Crippen LogP contribution in [0.4, 0.5) is 0 Å². The molecule has 0 saturated carbocycles. The second-order valence-corrected chi connectivity index (χ2v) is 4.92. The number of methoxy groups -OCH3 is 2. The van der Waals surface area contributed by atoms with Gasteiger partial charge in [0.1, 0.15) is 0 Å². The van der Waals surface area contributed by atoms with E-state index >= 15 is 0 Å². The van der Waals surface area contributed by atoms with Crippen molar-refractivity contribution in [1.29, 1.82) is 0 Å².